The Hall–Kier alpha value is -2.77. The van der Waals surface area contributed by atoms with Gasteiger partial charge in [-0.2, -0.15) is 0 Å². The highest BCUT2D eigenvalue weighted by Gasteiger charge is 2.24. The van der Waals surface area contributed by atoms with Gasteiger partial charge in [0.1, 0.15) is 0 Å². The number of amides is 2. The minimum absolute atomic E-state index is 0.0389. The molecule has 0 spiro atoms. The van der Waals surface area contributed by atoms with Crippen LogP contribution in [0.5, 0.6) is 0 Å². The first-order valence-corrected chi connectivity index (χ1v) is 8.75. The van der Waals surface area contributed by atoms with Crippen LogP contribution in [0.15, 0.2) is 24.3 Å². The lowest BCUT2D eigenvalue weighted by Gasteiger charge is -2.34. The molecule has 1 saturated heterocycles. The summed E-state index contributed by atoms with van der Waals surface area (Å²) in [6.07, 6.45) is -0.334. The molecular weight excluding hydrogens is 338 g/mol. The molecule has 1 aliphatic heterocycles. The highest BCUT2D eigenvalue weighted by atomic mass is 16.6. The number of piperazine rings is 1. The molecule has 0 saturated carbocycles. The van der Waals surface area contributed by atoms with Crippen LogP contribution >= 0.6 is 0 Å². The van der Waals surface area contributed by atoms with Crippen molar-refractivity contribution in [3.05, 3.63) is 29.8 Å². The van der Waals surface area contributed by atoms with Crippen molar-refractivity contribution in [2.45, 2.75) is 13.8 Å². The summed E-state index contributed by atoms with van der Waals surface area (Å²) in [7, 11) is 0. The van der Waals surface area contributed by atoms with E-state index in [1.807, 2.05) is 0 Å². The molecular formula is C18H25N3O5. The first kappa shape index (κ1) is 19.6. The van der Waals surface area contributed by atoms with Gasteiger partial charge in [-0.05, 0) is 38.1 Å². The van der Waals surface area contributed by atoms with Crippen molar-refractivity contribution < 1.29 is 23.9 Å². The quantitative estimate of drug-likeness (QED) is 0.772. The highest BCUT2D eigenvalue weighted by Crippen LogP contribution is 2.11. The van der Waals surface area contributed by atoms with Crippen molar-refractivity contribution in [2.75, 3.05) is 51.3 Å². The van der Waals surface area contributed by atoms with Gasteiger partial charge in [-0.1, -0.05) is 0 Å². The molecule has 0 aliphatic carbocycles. The predicted octanol–water partition coefficient (Wildman–Crippen LogP) is 1.58. The van der Waals surface area contributed by atoms with Gasteiger partial charge in [-0.25, -0.2) is 9.59 Å². The minimum atomic E-state index is -0.366. The molecule has 0 atom stereocenters. The van der Waals surface area contributed by atoms with Gasteiger partial charge < -0.3 is 24.6 Å². The van der Waals surface area contributed by atoms with E-state index in [4.69, 9.17) is 9.47 Å². The number of ether oxygens (including phenoxy) is 2. The summed E-state index contributed by atoms with van der Waals surface area (Å²) in [5.74, 6) is -0.405. The Bertz CT molecular complexity index is 624. The molecule has 1 aromatic rings. The predicted molar refractivity (Wildman–Crippen MR) is 96.1 cm³/mol. The molecule has 26 heavy (non-hydrogen) atoms. The van der Waals surface area contributed by atoms with Gasteiger partial charge in [0.05, 0.1) is 25.3 Å². The Kier molecular flexibility index (Phi) is 7.25. The Balaban J connectivity index is 1.77. The van der Waals surface area contributed by atoms with E-state index in [-0.39, 0.29) is 24.5 Å². The molecule has 2 rings (SSSR count). The summed E-state index contributed by atoms with van der Waals surface area (Å²) >= 11 is 0. The van der Waals surface area contributed by atoms with Gasteiger partial charge in [-0.15, -0.1) is 0 Å². The second-order valence-electron chi connectivity index (χ2n) is 5.72. The summed E-state index contributed by atoms with van der Waals surface area (Å²) in [6, 6.07) is 6.78. The molecule has 0 bridgehead atoms. The van der Waals surface area contributed by atoms with Crippen LogP contribution in [-0.4, -0.2) is 73.7 Å². The van der Waals surface area contributed by atoms with Gasteiger partial charge in [0, 0.05) is 31.9 Å². The molecule has 8 nitrogen and oxygen atoms in total. The van der Waals surface area contributed by atoms with Crippen molar-refractivity contribution >= 4 is 23.7 Å². The monoisotopic (exact) mass is 363 g/mol. The molecule has 1 N–H and O–H groups in total. The normalized spacial score (nSPS) is 13.9. The molecule has 0 radical (unpaired) electrons. The van der Waals surface area contributed by atoms with Crippen LogP contribution in [0.4, 0.5) is 10.5 Å². The molecule has 8 heteroatoms. The standard InChI is InChI=1S/C18H25N3O5/c1-3-25-17(23)14-5-7-15(8-6-14)19-13-16(22)20-9-11-21(12-10-20)18(24)26-4-2/h5-8,19H,3-4,9-13H2,1-2H3. The number of anilines is 1. The van der Waals surface area contributed by atoms with Crippen LogP contribution in [0, 0.1) is 0 Å². The fraction of sp³-hybridized carbons (Fsp3) is 0.500. The van der Waals surface area contributed by atoms with E-state index < -0.39 is 0 Å². The number of carbonyl (C=O) groups is 3. The SMILES string of the molecule is CCOC(=O)c1ccc(NCC(=O)N2CCN(C(=O)OCC)CC2)cc1. The summed E-state index contributed by atoms with van der Waals surface area (Å²) < 4.78 is 9.89. The maximum Gasteiger partial charge on any atom is 0.409 e. The van der Waals surface area contributed by atoms with Crippen LogP contribution in [0.2, 0.25) is 0 Å². The van der Waals surface area contributed by atoms with E-state index in [2.05, 4.69) is 5.32 Å². The fourth-order valence-corrected chi connectivity index (χ4v) is 2.58. The zero-order valence-electron chi connectivity index (χ0n) is 15.2. The Morgan fingerprint density at radius 3 is 2.08 bits per heavy atom. The first-order chi connectivity index (χ1) is 12.5. The third-order valence-corrected chi connectivity index (χ3v) is 4.00. The number of hydrogen-bond donors (Lipinski definition) is 1. The van der Waals surface area contributed by atoms with Crippen LogP contribution < -0.4 is 5.32 Å². The zero-order valence-corrected chi connectivity index (χ0v) is 15.2. The minimum Gasteiger partial charge on any atom is -0.462 e. The van der Waals surface area contributed by atoms with E-state index >= 15 is 0 Å². The van der Waals surface area contributed by atoms with Gasteiger partial charge in [0.25, 0.3) is 0 Å². The van der Waals surface area contributed by atoms with E-state index in [9.17, 15) is 14.4 Å². The molecule has 1 fully saturated rings. The lowest BCUT2D eigenvalue weighted by atomic mass is 10.2. The fourth-order valence-electron chi connectivity index (χ4n) is 2.58. The van der Waals surface area contributed by atoms with E-state index in [1.165, 1.54) is 0 Å². The summed E-state index contributed by atoms with van der Waals surface area (Å²) in [4.78, 5) is 38.9. The number of hydrogen-bond acceptors (Lipinski definition) is 6. The summed E-state index contributed by atoms with van der Waals surface area (Å²) in [5.41, 5.74) is 1.22. The van der Waals surface area contributed by atoms with Crippen molar-refractivity contribution in [3.63, 3.8) is 0 Å². The van der Waals surface area contributed by atoms with E-state index in [0.29, 0.717) is 45.0 Å². The largest absolute Gasteiger partial charge is 0.462 e. The van der Waals surface area contributed by atoms with Crippen molar-refractivity contribution in [1.29, 1.82) is 0 Å². The lowest BCUT2D eigenvalue weighted by molar-refractivity contribution is -0.130. The van der Waals surface area contributed by atoms with E-state index in [1.54, 1.807) is 47.9 Å². The second-order valence-corrected chi connectivity index (χ2v) is 5.72. The molecule has 1 aliphatic rings. The number of nitrogens with one attached hydrogen (secondary N) is 1. The third kappa shape index (κ3) is 5.37. The maximum atomic E-state index is 12.3. The molecule has 0 unspecified atom stereocenters. The van der Waals surface area contributed by atoms with Crippen molar-refractivity contribution in [3.8, 4) is 0 Å². The van der Waals surface area contributed by atoms with Crippen LogP contribution in [0.1, 0.15) is 24.2 Å². The first-order valence-electron chi connectivity index (χ1n) is 8.75. The molecule has 1 aromatic carbocycles. The van der Waals surface area contributed by atoms with Crippen molar-refractivity contribution in [2.24, 2.45) is 0 Å². The second kappa shape index (κ2) is 9.65. The number of rotatable bonds is 6. The number of nitrogens with zero attached hydrogens (tertiary/aromatic N) is 2. The Morgan fingerprint density at radius 2 is 1.50 bits per heavy atom. The van der Waals surface area contributed by atoms with Crippen LogP contribution in [0.25, 0.3) is 0 Å². The Morgan fingerprint density at radius 1 is 0.923 bits per heavy atom. The van der Waals surface area contributed by atoms with Gasteiger partial charge in [0.2, 0.25) is 5.91 Å². The molecule has 1 heterocycles. The van der Waals surface area contributed by atoms with Crippen LogP contribution in [-0.2, 0) is 14.3 Å². The average molecular weight is 363 g/mol. The number of carbonyl (C=O) groups excluding carboxylic acids is 3. The van der Waals surface area contributed by atoms with Gasteiger partial charge in [0.15, 0.2) is 0 Å². The maximum absolute atomic E-state index is 12.3. The number of esters is 1. The highest BCUT2D eigenvalue weighted by molar-refractivity contribution is 5.90. The number of benzene rings is 1. The van der Waals surface area contributed by atoms with E-state index in [0.717, 1.165) is 5.69 Å². The lowest BCUT2D eigenvalue weighted by Crippen LogP contribution is -2.51. The van der Waals surface area contributed by atoms with Gasteiger partial charge >= 0.3 is 12.1 Å². The zero-order chi connectivity index (χ0) is 18.9. The summed E-state index contributed by atoms with van der Waals surface area (Å²) in [5, 5.41) is 3.05. The third-order valence-electron chi connectivity index (χ3n) is 4.00. The summed E-state index contributed by atoms with van der Waals surface area (Å²) in [6.45, 7) is 6.26. The smallest absolute Gasteiger partial charge is 0.409 e. The van der Waals surface area contributed by atoms with Crippen molar-refractivity contribution in [1.82, 2.24) is 9.80 Å². The Labute approximate surface area is 153 Å². The molecule has 142 valence electrons. The molecule has 2 amide bonds. The molecule has 0 aromatic heterocycles. The topological polar surface area (TPSA) is 88.2 Å². The van der Waals surface area contributed by atoms with Crippen LogP contribution in [0.3, 0.4) is 0 Å². The average Bonchev–Trinajstić information content (AvgIpc) is 2.67. The van der Waals surface area contributed by atoms with Gasteiger partial charge in [-0.3, -0.25) is 4.79 Å².